The van der Waals surface area contributed by atoms with Gasteiger partial charge < -0.3 is 0 Å². The Bertz CT molecular complexity index is 159. The average molecular weight is 182 g/mol. The molecule has 3 atom stereocenters. The fraction of sp³-hybridized carbons (Fsp3) is 1.00. The molecule has 0 spiro atoms. The van der Waals surface area contributed by atoms with E-state index in [4.69, 9.17) is 0 Å². The van der Waals surface area contributed by atoms with Gasteiger partial charge in [-0.2, -0.15) is 0 Å². The molecular formula is C13H26. The van der Waals surface area contributed by atoms with Crippen molar-refractivity contribution < 1.29 is 0 Å². The first-order valence-corrected chi connectivity index (χ1v) is 6.08. The quantitative estimate of drug-likeness (QED) is 0.587. The van der Waals surface area contributed by atoms with E-state index in [1.165, 1.54) is 25.7 Å². The Hall–Kier alpha value is 0. The summed E-state index contributed by atoms with van der Waals surface area (Å²) in [6.45, 7) is 11.9. The van der Waals surface area contributed by atoms with E-state index in [0.717, 1.165) is 23.2 Å². The van der Waals surface area contributed by atoms with Gasteiger partial charge in [0.15, 0.2) is 0 Å². The SMILES string of the molecule is CCCC1(CC(C)C)C(C)C1CC. The van der Waals surface area contributed by atoms with E-state index in [-0.39, 0.29) is 0 Å². The fourth-order valence-electron chi connectivity index (χ4n) is 3.64. The molecule has 0 aliphatic heterocycles. The van der Waals surface area contributed by atoms with Crippen LogP contribution < -0.4 is 0 Å². The first kappa shape index (κ1) is 11.1. The van der Waals surface area contributed by atoms with Gasteiger partial charge in [-0.05, 0) is 36.0 Å². The minimum Gasteiger partial charge on any atom is -0.0654 e. The Kier molecular flexibility index (Phi) is 3.43. The summed E-state index contributed by atoms with van der Waals surface area (Å²) in [5, 5.41) is 0. The third-order valence-corrected chi connectivity index (χ3v) is 4.08. The summed E-state index contributed by atoms with van der Waals surface area (Å²) in [4.78, 5) is 0. The largest absolute Gasteiger partial charge is 0.0654 e. The van der Waals surface area contributed by atoms with Crippen LogP contribution in [0.2, 0.25) is 0 Å². The highest BCUT2D eigenvalue weighted by Crippen LogP contribution is 2.66. The second kappa shape index (κ2) is 4.02. The van der Waals surface area contributed by atoms with Crippen molar-refractivity contribution in [3.8, 4) is 0 Å². The van der Waals surface area contributed by atoms with Crippen molar-refractivity contribution in [2.75, 3.05) is 0 Å². The fourth-order valence-corrected chi connectivity index (χ4v) is 3.64. The van der Waals surface area contributed by atoms with Crippen molar-refractivity contribution in [2.24, 2.45) is 23.2 Å². The first-order chi connectivity index (χ1) is 6.08. The number of hydrogen-bond acceptors (Lipinski definition) is 0. The summed E-state index contributed by atoms with van der Waals surface area (Å²) < 4.78 is 0. The lowest BCUT2D eigenvalue weighted by Crippen LogP contribution is -2.09. The molecule has 1 fully saturated rings. The molecule has 0 amide bonds. The van der Waals surface area contributed by atoms with Crippen LogP contribution in [0.4, 0.5) is 0 Å². The van der Waals surface area contributed by atoms with E-state index in [1.54, 1.807) is 0 Å². The third-order valence-electron chi connectivity index (χ3n) is 4.08. The lowest BCUT2D eigenvalue weighted by molar-refractivity contribution is 0.313. The average Bonchev–Trinajstić information content (AvgIpc) is 2.55. The lowest BCUT2D eigenvalue weighted by atomic mass is 9.86. The van der Waals surface area contributed by atoms with Crippen LogP contribution in [-0.2, 0) is 0 Å². The molecule has 0 aromatic rings. The molecule has 1 rings (SSSR count). The van der Waals surface area contributed by atoms with E-state index in [1.807, 2.05) is 0 Å². The van der Waals surface area contributed by atoms with Crippen molar-refractivity contribution in [3.05, 3.63) is 0 Å². The van der Waals surface area contributed by atoms with E-state index in [9.17, 15) is 0 Å². The molecule has 0 heterocycles. The van der Waals surface area contributed by atoms with Crippen molar-refractivity contribution in [1.82, 2.24) is 0 Å². The lowest BCUT2D eigenvalue weighted by Gasteiger charge is -2.19. The Morgan fingerprint density at radius 1 is 1.23 bits per heavy atom. The molecular weight excluding hydrogens is 156 g/mol. The van der Waals surface area contributed by atoms with Gasteiger partial charge in [0.1, 0.15) is 0 Å². The van der Waals surface area contributed by atoms with Gasteiger partial charge in [0.05, 0.1) is 0 Å². The summed E-state index contributed by atoms with van der Waals surface area (Å²) >= 11 is 0. The van der Waals surface area contributed by atoms with E-state index in [0.29, 0.717) is 0 Å². The molecule has 13 heavy (non-hydrogen) atoms. The standard InChI is InChI=1S/C13H26/c1-6-8-13(9-10(3)4)11(5)12(13)7-2/h10-12H,6-9H2,1-5H3. The van der Waals surface area contributed by atoms with Crippen LogP contribution in [0, 0.1) is 23.2 Å². The highest BCUT2D eigenvalue weighted by atomic mass is 14.6. The zero-order chi connectivity index (χ0) is 10.1. The smallest absolute Gasteiger partial charge is 0.0236 e. The van der Waals surface area contributed by atoms with Gasteiger partial charge in [0, 0.05) is 0 Å². The Morgan fingerprint density at radius 3 is 2.15 bits per heavy atom. The second-order valence-electron chi connectivity index (χ2n) is 5.38. The van der Waals surface area contributed by atoms with Gasteiger partial charge >= 0.3 is 0 Å². The Labute approximate surface area is 84.1 Å². The predicted molar refractivity (Wildman–Crippen MR) is 59.7 cm³/mol. The molecule has 1 aliphatic carbocycles. The molecule has 0 heteroatoms. The van der Waals surface area contributed by atoms with Crippen LogP contribution in [0.15, 0.2) is 0 Å². The van der Waals surface area contributed by atoms with Crippen molar-refractivity contribution in [2.45, 2.75) is 60.3 Å². The summed E-state index contributed by atoms with van der Waals surface area (Å²) in [6.07, 6.45) is 5.69. The van der Waals surface area contributed by atoms with E-state index < -0.39 is 0 Å². The topological polar surface area (TPSA) is 0 Å². The normalized spacial score (nSPS) is 38.3. The molecule has 0 bridgehead atoms. The molecule has 1 aliphatic rings. The molecule has 3 unspecified atom stereocenters. The maximum Gasteiger partial charge on any atom is -0.0236 e. The molecule has 0 N–H and O–H groups in total. The predicted octanol–water partition coefficient (Wildman–Crippen LogP) is 4.49. The van der Waals surface area contributed by atoms with Gasteiger partial charge in [-0.25, -0.2) is 0 Å². The van der Waals surface area contributed by atoms with Gasteiger partial charge in [-0.3, -0.25) is 0 Å². The summed E-state index contributed by atoms with van der Waals surface area (Å²) in [6, 6.07) is 0. The van der Waals surface area contributed by atoms with Crippen LogP contribution in [-0.4, -0.2) is 0 Å². The van der Waals surface area contributed by atoms with Crippen molar-refractivity contribution in [3.63, 3.8) is 0 Å². The minimum atomic E-state index is 0.748. The highest BCUT2D eigenvalue weighted by Gasteiger charge is 2.58. The summed E-state index contributed by atoms with van der Waals surface area (Å²) in [5.41, 5.74) is 0.748. The van der Waals surface area contributed by atoms with Gasteiger partial charge in [0.25, 0.3) is 0 Å². The zero-order valence-electron chi connectivity index (χ0n) is 10.1. The summed E-state index contributed by atoms with van der Waals surface area (Å²) in [5.74, 6) is 2.92. The maximum atomic E-state index is 2.46. The Balaban J connectivity index is 2.57. The van der Waals surface area contributed by atoms with Crippen LogP contribution in [0.25, 0.3) is 0 Å². The molecule has 0 aromatic heterocycles. The molecule has 78 valence electrons. The zero-order valence-corrected chi connectivity index (χ0v) is 10.1. The van der Waals surface area contributed by atoms with Crippen LogP contribution in [0.1, 0.15) is 60.3 Å². The van der Waals surface area contributed by atoms with Crippen LogP contribution >= 0.6 is 0 Å². The molecule has 0 nitrogen and oxygen atoms in total. The van der Waals surface area contributed by atoms with Crippen molar-refractivity contribution >= 4 is 0 Å². The monoisotopic (exact) mass is 182 g/mol. The van der Waals surface area contributed by atoms with Gasteiger partial charge in [-0.1, -0.05) is 47.5 Å². The molecule has 1 saturated carbocycles. The molecule has 0 radical (unpaired) electrons. The van der Waals surface area contributed by atoms with E-state index >= 15 is 0 Å². The Morgan fingerprint density at radius 2 is 1.85 bits per heavy atom. The third kappa shape index (κ3) is 1.92. The number of hydrogen-bond donors (Lipinski definition) is 0. The van der Waals surface area contributed by atoms with Gasteiger partial charge in [0.2, 0.25) is 0 Å². The van der Waals surface area contributed by atoms with Crippen molar-refractivity contribution in [1.29, 1.82) is 0 Å². The first-order valence-electron chi connectivity index (χ1n) is 6.08. The minimum absolute atomic E-state index is 0.748. The van der Waals surface area contributed by atoms with Gasteiger partial charge in [-0.15, -0.1) is 0 Å². The maximum absolute atomic E-state index is 2.46. The molecule has 0 aromatic carbocycles. The van der Waals surface area contributed by atoms with Crippen LogP contribution in [0.3, 0.4) is 0 Å². The highest BCUT2D eigenvalue weighted by molar-refractivity contribution is 5.07. The van der Waals surface area contributed by atoms with E-state index in [2.05, 4.69) is 34.6 Å². The molecule has 0 saturated heterocycles. The number of rotatable bonds is 5. The van der Waals surface area contributed by atoms with Crippen LogP contribution in [0.5, 0.6) is 0 Å². The second-order valence-corrected chi connectivity index (χ2v) is 5.38. The summed E-state index contributed by atoms with van der Waals surface area (Å²) in [7, 11) is 0.